The predicted octanol–water partition coefficient (Wildman–Crippen LogP) is -0.680. The molecule has 0 amide bonds. The van der Waals surface area contributed by atoms with Gasteiger partial charge in [-0.1, -0.05) is 0 Å². The highest BCUT2D eigenvalue weighted by Gasteiger charge is 2.26. The Labute approximate surface area is 61.8 Å². The number of hydrogen-bond acceptors (Lipinski definition) is 3. The molecule has 3 N–H and O–H groups in total. The fourth-order valence-corrected chi connectivity index (χ4v) is 1.33. The van der Waals surface area contributed by atoms with E-state index < -0.39 is 0 Å². The highest BCUT2D eigenvalue weighted by Crippen LogP contribution is 2.11. The van der Waals surface area contributed by atoms with Gasteiger partial charge in [-0.2, -0.15) is 0 Å². The number of β-amino-alcohol motifs (C(OH)–C–C–N with tert-alkyl or cyclic N) is 1. The van der Waals surface area contributed by atoms with Crippen molar-refractivity contribution < 1.29 is 5.11 Å². The van der Waals surface area contributed by atoms with E-state index in [1.54, 1.807) is 0 Å². The summed E-state index contributed by atoms with van der Waals surface area (Å²) in [6, 6.07) is 0. The van der Waals surface area contributed by atoms with Crippen LogP contribution in [0.5, 0.6) is 0 Å². The minimum atomic E-state index is 0.225. The van der Waals surface area contributed by atoms with Crippen molar-refractivity contribution in [3.05, 3.63) is 0 Å². The summed E-state index contributed by atoms with van der Waals surface area (Å²) in [6.45, 7) is 5.23. The summed E-state index contributed by atoms with van der Waals surface area (Å²) in [7, 11) is 0. The number of nitrogens with one attached hydrogen (secondary N) is 2. The third kappa shape index (κ3) is 1.94. The Bertz CT molecular complexity index is 99.8. The SMILES string of the molecule is CC1(NCCO)CCNC1. The molecule has 0 saturated carbocycles. The molecule has 1 atom stereocenters. The summed E-state index contributed by atoms with van der Waals surface area (Å²) < 4.78 is 0. The van der Waals surface area contributed by atoms with E-state index >= 15 is 0 Å². The Morgan fingerprint density at radius 3 is 3.00 bits per heavy atom. The van der Waals surface area contributed by atoms with Crippen molar-refractivity contribution in [3.63, 3.8) is 0 Å². The molecule has 1 unspecified atom stereocenters. The summed E-state index contributed by atoms with van der Waals surface area (Å²) in [4.78, 5) is 0. The van der Waals surface area contributed by atoms with Crippen LogP contribution < -0.4 is 10.6 Å². The lowest BCUT2D eigenvalue weighted by molar-refractivity contribution is 0.265. The molecule has 1 heterocycles. The van der Waals surface area contributed by atoms with E-state index in [1.807, 2.05) is 0 Å². The Morgan fingerprint density at radius 2 is 2.50 bits per heavy atom. The fraction of sp³-hybridized carbons (Fsp3) is 1.00. The second-order valence-corrected chi connectivity index (χ2v) is 3.14. The van der Waals surface area contributed by atoms with Crippen molar-refractivity contribution in [2.75, 3.05) is 26.2 Å². The Kier molecular flexibility index (Phi) is 2.65. The monoisotopic (exact) mass is 144 g/mol. The minimum absolute atomic E-state index is 0.225. The molecule has 0 aromatic rings. The number of aliphatic hydroxyl groups excluding tert-OH is 1. The smallest absolute Gasteiger partial charge is 0.0556 e. The van der Waals surface area contributed by atoms with Crippen molar-refractivity contribution in [1.82, 2.24) is 10.6 Å². The van der Waals surface area contributed by atoms with Crippen LogP contribution in [0.3, 0.4) is 0 Å². The summed E-state index contributed by atoms with van der Waals surface area (Å²) >= 11 is 0. The fourth-order valence-electron chi connectivity index (χ4n) is 1.33. The van der Waals surface area contributed by atoms with Crippen LogP contribution in [-0.4, -0.2) is 36.9 Å². The van der Waals surface area contributed by atoms with E-state index in [1.165, 1.54) is 0 Å². The second kappa shape index (κ2) is 3.32. The summed E-state index contributed by atoms with van der Waals surface area (Å²) in [5, 5.41) is 15.1. The van der Waals surface area contributed by atoms with Gasteiger partial charge in [0.2, 0.25) is 0 Å². The average Bonchev–Trinajstić information content (AvgIpc) is 2.33. The van der Waals surface area contributed by atoms with E-state index in [9.17, 15) is 0 Å². The van der Waals surface area contributed by atoms with Gasteiger partial charge in [0.25, 0.3) is 0 Å². The van der Waals surface area contributed by atoms with Crippen LogP contribution in [0.1, 0.15) is 13.3 Å². The predicted molar refractivity (Wildman–Crippen MR) is 41.0 cm³/mol. The number of hydrogen-bond donors (Lipinski definition) is 3. The van der Waals surface area contributed by atoms with Crippen LogP contribution in [0.15, 0.2) is 0 Å². The molecule has 3 heteroatoms. The highest BCUT2D eigenvalue weighted by atomic mass is 16.3. The molecule has 60 valence electrons. The maximum atomic E-state index is 8.56. The molecule has 0 aromatic heterocycles. The normalized spacial score (nSPS) is 33.0. The molecular weight excluding hydrogens is 128 g/mol. The van der Waals surface area contributed by atoms with Crippen molar-refractivity contribution in [2.24, 2.45) is 0 Å². The number of rotatable bonds is 3. The topological polar surface area (TPSA) is 44.3 Å². The van der Waals surface area contributed by atoms with Gasteiger partial charge in [-0.25, -0.2) is 0 Å². The first-order valence-corrected chi connectivity index (χ1v) is 3.83. The average molecular weight is 144 g/mol. The van der Waals surface area contributed by atoms with E-state index in [0.29, 0.717) is 6.54 Å². The molecule has 0 aliphatic carbocycles. The lowest BCUT2D eigenvalue weighted by Crippen LogP contribution is -2.45. The number of aliphatic hydroxyl groups is 1. The lowest BCUT2D eigenvalue weighted by Gasteiger charge is -2.23. The van der Waals surface area contributed by atoms with E-state index in [4.69, 9.17) is 5.11 Å². The third-order valence-electron chi connectivity index (χ3n) is 2.03. The van der Waals surface area contributed by atoms with Crippen molar-refractivity contribution in [1.29, 1.82) is 0 Å². The second-order valence-electron chi connectivity index (χ2n) is 3.14. The zero-order valence-corrected chi connectivity index (χ0v) is 6.48. The van der Waals surface area contributed by atoms with Gasteiger partial charge in [0, 0.05) is 18.6 Å². The lowest BCUT2D eigenvalue weighted by atomic mass is 10.0. The Morgan fingerprint density at radius 1 is 1.70 bits per heavy atom. The first kappa shape index (κ1) is 7.98. The first-order chi connectivity index (χ1) is 4.77. The molecule has 0 spiro atoms. The third-order valence-corrected chi connectivity index (χ3v) is 2.03. The molecule has 1 rings (SSSR count). The maximum Gasteiger partial charge on any atom is 0.0556 e. The Hall–Kier alpha value is -0.120. The molecule has 10 heavy (non-hydrogen) atoms. The summed E-state index contributed by atoms with van der Waals surface area (Å²) in [5.41, 5.74) is 0.225. The standard InChI is InChI=1S/C7H16N2O/c1-7(9-4-5-10)2-3-8-6-7/h8-10H,2-6H2,1H3. The Balaban J connectivity index is 2.22. The first-order valence-electron chi connectivity index (χ1n) is 3.83. The van der Waals surface area contributed by atoms with Crippen molar-refractivity contribution >= 4 is 0 Å². The molecule has 3 nitrogen and oxygen atoms in total. The van der Waals surface area contributed by atoms with Gasteiger partial charge < -0.3 is 15.7 Å². The zero-order valence-electron chi connectivity index (χ0n) is 6.48. The summed E-state index contributed by atoms with van der Waals surface area (Å²) in [5.74, 6) is 0. The summed E-state index contributed by atoms with van der Waals surface area (Å²) in [6.07, 6.45) is 1.16. The van der Waals surface area contributed by atoms with Crippen LogP contribution in [0, 0.1) is 0 Å². The minimum Gasteiger partial charge on any atom is -0.395 e. The van der Waals surface area contributed by atoms with Crippen LogP contribution in [-0.2, 0) is 0 Å². The zero-order chi connectivity index (χ0) is 7.45. The maximum absolute atomic E-state index is 8.56. The van der Waals surface area contributed by atoms with Gasteiger partial charge >= 0.3 is 0 Å². The van der Waals surface area contributed by atoms with E-state index in [-0.39, 0.29) is 12.1 Å². The van der Waals surface area contributed by atoms with Crippen molar-refractivity contribution in [3.8, 4) is 0 Å². The van der Waals surface area contributed by atoms with Gasteiger partial charge in [-0.05, 0) is 19.9 Å². The van der Waals surface area contributed by atoms with Crippen LogP contribution in [0.25, 0.3) is 0 Å². The molecular formula is C7H16N2O. The molecule has 0 radical (unpaired) electrons. The van der Waals surface area contributed by atoms with Crippen LogP contribution >= 0.6 is 0 Å². The molecule has 1 aliphatic heterocycles. The van der Waals surface area contributed by atoms with Gasteiger partial charge in [-0.3, -0.25) is 0 Å². The van der Waals surface area contributed by atoms with Gasteiger partial charge in [-0.15, -0.1) is 0 Å². The van der Waals surface area contributed by atoms with Crippen LogP contribution in [0.2, 0.25) is 0 Å². The van der Waals surface area contributed by atoms with Gasteiger partial charge in [0.15, 0.2) is 0 Å². The van der Waals surface area contributed by atoms with Gasteiger partial charge in [0.1, 0.15) is 0 Å². The quantitative estimate of drug-likeness (QED) is 0.492. The van der Waals surface area contributed by atoms with E-state index in [0.717, 1.165) is 19.5 Å². The molecule has 1 saturated heterocycles. The van der Waals surface area contributed by atoms with Crippen LogP contribution in [0.4, 0.5) is 0 Å². The van der Waals surface area contributed by atoms with E-state index in [2.05, 4.69) is 17.6 Å². The van der Waals surface area contributed by atoms with Gasteiger partial charge in [0.05, 0.1) is 6.61 Å². The largest absolute Gasteiger partial charge is 0.395 e. The highest BCUT2D eigenvalue weighted by molar-refractivity contribution is 4.91. The van der Waals surface area contributed by atoms with Crippen molar-refractivity contribution in [2.45, 2.75) is 18.9 Å². The molecule has 1 fully saturated rings. The molecule has 0 bridgehead atoms. The molecule has 0 aromatic carbocycles. The molecule has 1 aliphatic rings.